The fourth-order valence-electron chi connectivity index (χ4n) is 3.53. The zero-order valence-corrected chi connectivity index (χ0v) is 9.91. The Morgan fingerprint density at radius 1 is 1.47 bits per heavy atom. The molecule has 2 aliphatic rings. The van der Waals surface area contributed by atoms with Crippen LogP contribution in [0.5, 0.6) is 0 Å². The zero-order valence-electron chi connectivity index (χ0n) is 9.91. The van der Waals surface area contributed by atoms with Crippen LogP contribution in [-0.2, 0) is 0 Å². The molecule has 0 saturated heterocycles. The molecule has 0 bridgehead atoms. The van der Waals surface area contributed by atoms with Gasteiger partial charge in [0, 0.05) is 0 Å². The third kappa shape index (κ3) is 2.13. The Balaban J connectivity index is 1.89. The summed E-state index contributed by atoms with van der Waals surface area (Å²) in [7, 11) is 0. The Morgan fingerprint density at radius 2 is 2.27 bits per heavy atom. The summed E-state index contributed by atoms with van der Waals surface area (Å²) in [6.45, 7) is 6.04. The fourth-order valence-corrected chi connectivity index (χ4v) is 3.53. The van der Waals surface area contributed by atoms with Crippen LogP contribution < -0.4 is 0 Å². The summed E-state index contributed by atoms with van der Waals surface area (Å²) in [4.78, 5) is 0. The van der Waals surface area contributed by atoms with Crippen molar-refractivity contribution in [1.82, 2.24) is 0 Å². The van der Waals surface area contributed by atoms with Crippen LogP contribution in [0.1, 0.15) is 51.9 Å². The SMILES string of the molecule is C=CC[C@@H]1C[C@H]2C[C@@]2(CCCC)C[C@@H]1O. The minimum atomic E-state index is -0.0568. The lowest BCUT2D eigenvalue weighted by Gasteiger charge is -2.32. The van der Waals surface area contributed by atoms with E-state index in [4.69, 9.17) is 0 Å². The van der Waals surface area contributed by atoms with Crippen LogP contribution in [0.15, 0.2) is 12.7 Å². The van der Waals surface area contributed by atoms with Crippen molar-refractivity contribution in [3.63, 3.8) is 0 Å². The number of hydrogen-bond acceptors (Lipinski definition) is 1. The number of allylic oxidation sites excluding steroid dienone is 1. The second-order valence-electron chi connectivity index (χ2n) is 5.66. The molecule has 2 saturated carbocycles. The number of fused-ring (bicyclic) bond motifs is 1. The summed E-state index contributed by atoms with van der Waals surface area (Å²) in [6.07, 6.45) is 10.6. The molecule has 2 fully saturated rings. The van der Waals surface area contributed by atoms with E-state index in [-0.39, 0.29) is 6.10 Å². The minimum Gasteiger partial charge on any atom is -0.393 e. The second kappa shape index (κ2) is 4.29. The Morgan fingerprint density at radius 3 is 2.93 bits per heavy atom. The monoisotopic (exact) mass is 208 g/mol. The second-order valence-corrected chi connectivity index (χ2v) is 5.66. The number of rotatable bonds is 5. The first-order valence-corrected chi connectivity index (χ1v) is 6.51. The summed E-state index contributed by atoms with van der Waals surface area (Å²) in [5.41, 5.74) is 0.563. The number of unbranched alkanes of at least 4 members (excludes halogenated alkanes) is 1. The molecule has 0 radical (unpaired) electrons. The van der Waals surface area contributed by atoms with E-state index in [1.54, 1.807) is 0 Å². The highest BCUT2D eigenvalue weighted by molar-refractivity contribution is 5.08. The topological polar surface area (TPSA) is 20.2 Å². The van der Waals surface area contributed by atoms with E-state index >= 15 is 0 Å². The third-order valence-corrected chi connectivity index (χ3v) is 4.60. The predicted octanol–water partition coefficient (Wildman–Crippen LogP) is 3.53. The van der Waals surface area contributed by atoms with Gasteiger partial charge in [-0.2, -0.15) is 0 Å². The lowest BCUT2D eigenvalue weighted by Crippen LogP contribution is -2.30. The third-order valence-electron chi connectivity index (χ3n) is 4.60. The van der Waals surface area contributed by atoms with Crippen molar-refractivity contribution in [2.45, 2.75) is 58.0 Å². The van der Waals surface area contributed by atoms with E-state index in [0.717, 1.165) is 18.8 Å². The van der Waals surface area contributed by atoms with Crippen molar-refractivity contribution in [1.29, 1.82) is 0 Å². The first-order valence-electron chi connectivity index (χ1n) is 6.51. The molecular formula is C14H24O. The molecule has 0 aromatic heterocycles. The summed E-state index contributed by atoms with van der Waals surface area (Å²) >= 11 is 0. The van der Waals surface area contributed by atoms with Crippen molar-refractivity contribution in [2.75, 3.05) is 0 Å². The van der Waals surface area contributed by atoms with Crippen LogP contribution >= 0.6 is 0 Å². The van der Waals surface area contributed by atoms with E-state index in [2.05, 4.69) is 13.5 Å². The number of hydrogen-bond donors (Lipinski definition) is 1. The average molecular weight is 208 g/mol. The molecule has 0 heterocycles. The average Bonchev–Trinajstić information content (AvgIpc) is 2.89. The van der Waals surface area contributed by atoms with E-state index < -0.39 is 0 Å². The Labute approximate surface area is 93.6 Å². The van der Waals surface area contributed by atoms with Gasteiger partial charge in [-0.1, -0.05) is 25.8 Å². The van der Waals surface area contributed by atoms with Crippen LogP contribution in [0.3, 0.4) is 0 Å². The standard InChI is InChI=1S/C14H24O/c1-3-5-7-14-9-12(14)8-11(6-4-2)13(15)10-14/h4,11-13,15H,2-3,5-10H2,1H3/t11-,12+,13+,14+/m1/s1. The molecule has 0 aromatic rings. The number of aliphatic hydroxyl groups excluding tert-OH is 1. The molecule has 15 heavy (non-hydrogen) atoms. The fraction of sp³-hybridized carbons (Fsp3) is 0.857. The summed E-state index contributed by atoms with van der Waals surface area (Å²) in [6, 6.07) is 0. The first-order chi connectivity index (χ1) is 7.22. The lowest BCUT2D eigenvalue weighted by atomic mass is 9.76. The highest BCUT2D eigenvalue weighted by Gasteiger charge is 2.57. The quantitative estimate of drug-likeness (QED) is 0.685. The van der Waals surface area contributed by atoms with Gasteiger partial charge < -0.3 is 5.11 Å². The maximum absolute atomic E-state index is 10.1. The normalized spacial score (nSPS) is 43.5. The smallest absolute Gasteiger partial charge is 0.0576 e. The van der Waals surface area contributed by atoms with Gasteiger partial charge in [-0.25, -0.2) is 0 Å². The summed E-state index contributed by atoms with van der Waals surface area (Å²) < 4.78 is 0. The minimum absolute atomic E-state index is 0.0568. The molecule has 1 N–H and O–H groups in total. The molecule has 86 valence electrons. The van der Waals surface area contributed by atoms with Crippen molar-refractivity contribution in [3.05, 3.63) is 12.7 Å². The van der Waals surface area contributed by atoms with E-state index in [1.165, 1.54) is 32.1 Å². The zero-order chi connectivity index (χ0) is 10.9. The lowest BCUT2D eigenvalue weighted by molar-refractivity contribution is 0.0385. The van der Waals surface area contributed by atoms with Crippen molar-refractivity contribution < 1.29 is 5.11 Å². The highest BCUT2D eigenvalue weighted by atomic mass is 16.3. The van der Waals surface area contributed by atoms with Crippen LogP contribution in [-0.4, -0.2) is 11.2 Å². The van der Waals surface area contributed by atoms with Crippen LogP contribution in [0.2, 0.25) is 0 Å². The molecule has 4 atom stereocenters. The van der Waals surface area contributed by atoms with E-state index in [1.807, 2.05) is 6.08 Å². The molecule has 0 aliphatic heterocycles. The van der Waals surface area contributed by atoms with Gasteiger partial charge in [0.1, 0.15) is 0 Å². The molecule has 0 unspecified atom stereocenters. The Bertz CT molecular complexity index is 235. The Hall–Kier alpha value is -0.300. The number of aliphatic hydroxyl groups is 1. The van der Waals surface area contributed by atoms with Gasteiger partial charge in [0.25, 0.3) is 0 Å². The highest BCUT2D eigenvalue weighted by Crippen LogP contribution is 2.65. The molecule has 0 spiro atoms. The van der Waals surface area contributed by atoms with Gasteiger partial charge >= 0.3 is 0 Å². The van der Waals surface area contributed by atoms with Crippen LogP contribution in [0.25, 0.3) is 0 Å². The molecule has 1 nitrogen and oxygen atoms in total. The molecule has 0 amide bonds. The van der Waals surface area contributed by atoms with Crippen molar-refractivity contribution in [3.8, 4) is 0 Å². The van der Waals surface area contributed by atoms with Gasteiger partial charge in [-0.05, 0) is 49.4 Å². The van der Waals surface area contributed by atoms with Crippen LogP contribution in [0, 0.1) is 17.3 Å². The van der Waals surface area contributed by atoms with Gasteiger partial charge in [0.05, 0.1) is 6.10 Å². The van der Waals surface area contributed by atoms with Gasteiger partial charge in [0.15, 0.2) is 0 Å². The first kappa shape index (κ1) is 11.2. The molecule has 0 aromatic carbocycles. The maximum Gasteiger partial charge on any atom is 0.0576 e. The molecular weight excluding hydrogens is 184 g/mol. The van der Waals surface area contributed by atoms with Crippen molar-refractivity contribution >= 4 is 0 Å². The largest absolute Gasteiger partial charge is 0.393 e. The molecule has 1 heteroatoms. The van der Waals surface area contributed by atoms with Gasteiger partial charge in [-0.15, -0.1) is 6.58 Å². The summed E-state index contributed by atoms with van der Waals surface area (Å²) in [5, 5.41) is 10.1. The molecule has 2 aliphatic carbocycles. The van der Waals surface area contributed by atoms with Gasteiger partial charge in [0.2, 0.25) is 0 Å². The predicted molar refractivity (Wildman–Crippen MR) is 63.6 cm³/mol. The van der Waals surface area contributed by atoms with E-state index in [9.17, 15) is 5.11 Å². The van der Waals surface area contributed by atoms with Crippen molar-refractivity contribution in [2.24, 2.45) is 17.3 Å². The van der Waals surface area contributed by atoms with Gasteiger partial charge in [-0.3, -0.25) is 0 Å². The summed E-state index contributed by atoms with van der Waals surface area (Å²) in [5.74, 6) is 1.43. The Kier molecular flexibility index (Phi) is 3.20. The van der Waals surface area contributed by atoms with E-state index in [0.29, 0.717) is 11.3 Å². The maximum atomic E-state index is 10.1. The molecule has 2 rings (SSSR count). The van der Waals surface area contributed by atoms with Crippen LogP contribution in [0.4, 0.5) is 0 Å².